The molecule has 0 spiro atoms. The van der Waals surface area contributed by atoms with Crippen LogP contribution in [0.3, 0.4) is 0 Å². The Hall–Kier alpha value is -1.12. The van der Waals surface area contributed by atoms with Gasteiger partial charge in [0.2, 0.25) is 10.0 Å². The molecule has 1 aliphatic rings. The van der Waals surface area contributed by atoms with Crippen LogP contribution in [0.15, 0.2) is 23.1 Å². The molecule has 0 saturated carbocycles. The van der Waals surface area contributed by atoms with Crippen molar-refractivity contribution in [3.63, 3.8) is 0 Å². The van der Waals surface area contributed by atoms with Crippen molar-refractivity contribution < 1.29 is 16.8 Å². The number of sulfonamides is 1. The lowest BCUT2D eigenvalue weighted by molar-refractivity contribution is 0.582. The van der Waals surface area contributed by atoms with Gasteiger partial charge in [-0.25, -0.2) is 21.6 Å². The van der Waals surface area contributed by atoms with E-state index in [2.05, 4.69) is 10.0 Å². The molecule has 1 aromatic rings. The van der Waals surface area contributed by atoms with Crippen molar-refractivity contribution in [1.82, 2.24) is 4.72 Å². The summed E-state index contributed by atoms with van der Waals surface area (Å²) in [7, 11) is -6.85. The van der Waals surface area contributed by atoms with Gasteiger partial charge in [-0.1, -0.05) is 6.07 Å². The molecule has 8 heteroatoms. The van der Waals surface area contributed by atoms with Crippen LogP contribution in [0.5, 0.6) is 0 Å². The van der Waals surface area contributed by atoms with E-state index in [-0.39, 0.29) is 17.2 Å². The molecule has 1 aliphatic heterocycles. The second-order valence-electron chi connectivity index (χ2n) is 4.88. The number of benzene rings is 1. The minimum absolute atomic E-state index is 0.119. The Labute approximate surface area is 119 Å². The lowest BCUT2D eigenvalue weighted by Crippen LogP contribution is -2.29. The highest BCUT2D eigenvalue weighted by atomic mass is 32.2. The third kappa shape index (κ3) is 3.94. The Morgan fingerprint density at radius 1 is 1.25 bits per heavy atom. The second kappa shape index (κ2) is 5.71. The predicted molar refractivity (Wildman–Crippen MR) is 78.2 cm³/mol. The third-order valence-corrected chi connectivity index (χ3v) is 5.50. The van der Waals surface area contributed by atoms with Crippen molar-refractivity contribution in [2.75, 3.05) is 30.4 Å². The van der Waals surface area contributed by atoms with Crippen molar-refractivity contribution in [2.45, 2.75) is 17.7 Å². The molecule has 6 nitrogen and oxygen atoms in total. The molecule has 1 aromatic carbocycles. The van der Waals surface area contributed by atoms with Gasteiger partial charge in [-0.2, -0.15) is 0 Å². The van der Waals surface area contributed by atoms with Crippen molar-refractivity contribution in [3.8, 4) is 0 Å². The minimum Gasteiger partial charge on any atom is -0.385 e. The highest BCUT2D eigenvalue weighted by Crippen LogP contribution is 2.24. The van der Waals surface area contributed by atoms with E-state index in [1.54, 1.807) is 18.2 Å². The first kappa shape index (κ1) is 15.3. The molecular formula is C12H18N2O4S2. The third-order valence-electron chi connectivity index (χ3n) is 3.09. The summed E-state index contributed by atoms with van der Waals surface area (Å²) in [5.74, 6) is -0.213. The molecule has 2 rings (SSSR count). The van der Waals surface area contributed by atoms with E-state index in [0.717, 1.165) is 36.9 Å². The first-order valence-electron chi connectivity index (χ1n) is 6.32. The van der Waals surface area contributed by atoms with E-state index in [4.69, 9.17) is 0 Å². The fourth-order valence-corrected chi connectivity index (χ4v) is 3.71. The average Bonchev–Trinajstić information content (AvgIpc) is 2.36. The molecule has 0 aliphatic carbocycles. The molecule has 0 radical (unpaired) electrons. The van der Waals surface area contributed by atoms with Crippen LogP contribution in [0, 0.1) is 0 Å². The first-order chi connectivity index (χ1) is 9.28. The van der Waals surface area contributed by atoms with Gasteiger partial charge in [0.15, 0.2) is 0 Å². The van der Waals surface area contributed by atoms with Gasteiger partial charge in [-0.15, -0.1) is 0 Å². The smallest absolute Gasteiger partial charge is 0.240 e. The standard InChI is InChI=1S/C12H18N2O4S2/c1-19(15,16)8-7-14-20(17,18)11-5-4-10-3-2-6-13-12(10)9-11/h4-5,9,13-14H,2-3,6-8H2,1H3. The van der Waals surface area contributed by atoms with E-state index < -0.39 is 19.9 Å². The molecule has 0 saturated heterocycles. The van der Waals surface area contributed by atoms with Crippen molar-refractivity contribution >= 4 is 25.5 Å². The first-order valence-corrected chi connectivity index (χ1v) is 9.86. The number of aryl methyl sites for hydroxylation is 1. The van der Waals surface area contributed by atoms with Crippen LogP contribution in [0.4, 0.5) is 5.69 Å². The number of fused-ring (bicyclic) bond motifs is 1. The normalized spacial score (nSPS) is 15.4. The molecular weight excluding hydrogens is 300 g/mol. The molecule has 0 unspecified atom stereocenters. The number of nitrogens with one attached hydrogen (secondary N) is 2. The fourth-order valence-electron chi connectivity index (χ4n) is 2.05. The molecule has 0 amide bonds. The van der Waals surface area contributed by atoms with Gasteiger partial charge in [0.05, 0.1) is 10.6 Å². The Balaban J connectivity index is 2.13. The topological polar surface area (TPSA) is 92.3 Å². The zero-order chi connectivity index (χ0) is 14.8. The van der Waals surface area contributed by atoms with E-state index >= 15 is 0 Å². The van der Waals surface area contributed by atoms with Gasteiger partial charge < -0.3 is 5.32 Å². The maximum absolute atomic E-state index is 12.1. The second-order valence-corrected chi connectivity index (χ2v) is 8.90. The van der Waals surface area contributed by atoms with Crippen LogP contribution in [-0.2, 0) is 26.3 Å². The lowest BCUT2D eigenvalue weighted by atomic mass is 10.0. The summed E-state index contributed by atoms with van der Waals surface area (Å²) in [6.07, 6.45) is 3.04. The number of hydrogen-bond donors (Lipinski definition) is 2. The molecule has 0 atom stereocenters. The maximum atomic E-state index is 12.1. The van der Waals surface area contributed by atoms with Crippen LogP contribution in [-0.4, -0.2) is 41.9 Å². The SMILES string of the molecule is CS(=O)(=O)CCNS(=O)(=O)c1ccc2c(c1)NCCC2. The average molecular weight is 318 g/mol. The molecule has 0 bridgehead atoms. The highest BCUT2D eigenvalue weighted by molar-refractivity contribution is 7.91. The number of rotatable bonds is 5. The van der Waals surface area contributed by atoms with Crippen LogP contribution in [0.1, 0.15) is 12.0 Å². The van der Waals surface area contributed by atoms with Crippen LogP contribution in [0.2, 0.25) is 0 Å². The van der Waals surface area contributed by atoms with Crippen LogP contribution >= 0.6 is 0 Å². The van der Waals surface area contributed by atoms with Gasteiger partial charge in [0.1, 0.15) is 9.84 Å². The van der Waals surface area contributed by atoms with E-state index in [0.29, 0.717) is 0 Å². The van der Waals surface area contributed by atoms with Gasteiger partial charge >= 0.3 is 0 Å². The zero-order valence-corrected chi connectivity index (χ0v) is 12.9. The van der Waals surface area contributed by atoms with Crippen molar-refractivity contribution in [1.29, 1.82) is 0 Å². The van der Waals surface area contributed by atoms with E-state index in [1.165, 1.54) is 0 Å². The number of anilines is 1. The molecule has 0 aromatic heterocycles. The molecule has 112 valence electrons. The van der Waals surface area contributed by atoms with Crippen LogP contribution in [0.25, 0.3) is 0 Å². The van der Waals surface area contributed by atoms with Crippen molar-refractivity contribution in [3.05, 3.63) is 23.8 Å². The van der Waals surface area contributed by atoms with Gasteiger partial charge in [0.25, 0.3) is 0 Å². The molecule has 20 heavy (non-hydrogen) atoms. The van der Waals surface area contributed by atoms with Gasteiger partial charge in [0, 0.05) is 25.0 Å². The summed E-state index contributed by atoms with van der Waals surface area (Å²) in [5, 5.41) is 3.17. The Morgan fingerprint density at radius 2 is 2.00 bits per heavy atom. The van der Waals surface area contributed by atoms with Crippen molar-refractivity contribution in [2.24, 2.45) is 0 Å². The highest BCUT2D eigenvalue weighted by Gasteiger charge is 2.17. The van der Waals surface area contributed by atoms with Crippen LogP contribution < -0.4 is 10.0 Å². The summed E-state index contributed by atoms with van der Waals surface area (Å²) in [6, 6.07) is 4.94. The summed E-state index contributed by atoms with van der Waals surface area (Å²) >= 11 is 0. The van der Waals surface area contributed by atoms with Gasteiger partial charge in [-0.3, -0.25) is 0 Å². The Kier molecular flexibility index (Phi) is 4.36. The zero-order valence-electron chi connectivity index (χ0n) is 11.2. The quantitative estimate of drug-likeness (QED) is 0.818. The molecule has 1 heterocycles. The molecule has 2 N–H and O–H groups in total. The summed E-state index contributed by atoms with van der Waals surface area (Å²) in [5.41, 5.74) is 1.94. The summed E-state index contributed by atoms with van der Waals surface area (Å²) < 4.78 is 48.4. The monoisotopic (exact) mass is 318 g/mol. The largest absolute Gasteiger partial charge is 0.385 e. The fraction of sp³-hybridized carbons (Fsp3) is 0.500. The maximum Gasteiger partial charge on any atom is 0.240 e. The Bertz CT molecular complexity index is 696. The number of hydrogen-bond acceptors (Lipinski definition) is 5. The summed E-state index contributed by atoms with van der Waals surface area (Å²) in [6.45, 7) is 0.712. The van der Waals surface area contributed by atoms with E-state index in [1.807, 2.05) is 0 Å². The Morgan fingerprint density at radius 3 is 2.70 bits per heavy atom. The summed E-state index contributed by atoms with van der Waals surface area (Å²) in [4.78, 5) is 0.152. The minimum atomic E-state index is -3.67. The van der Waals surface area contributed by atoms with Gasteiger partial charge in [-0.05, 0) is 30.5 Å². The number of sulfone groups is 1. The molecule has 0 fully saturated rings. The predicted octanol–water partition coefficient (Wildman–Crippen LogP) is 0.368. The lowest BCUT2D eigenvalue weighted by Gasteiger charge is -2.18. The van der Waals surface area contributed by atoms with E-state index in [9.17, 15) is 16.8 Å².